The molecule has 2 N–H and O–H groups in total. The third-order valence-corrected chi connectivity index (χ3v) is 6.89. The molecule has 4 rings (SSSR count). The Kier molecular flexibility index (Phi) is 7.87. The van der Waals surface area contributed by atoms with Crippen LogP contribution in [0.5, 0.6) is 0 Å². The number of nitrogens with one attached hydrogen (secondary N) is 2. The van der Waals surface area contributed by atoms with Gasteiger partial charge in [-0.05, 0) is 42.1 Å². The van der Waals surface area contributed by atoms with Gasteiger partial charge in [0.2, 0.25) is 0 Å². The van der Waals surface area contributed by atoms with Crippen LogP contribution in [0, 0.1) is 5.82 Å². The first-order chi connectivity index (χ1) is 16.5. The second-order valence-electron chi connectivity index (χ2n) is 8.24. The van der Waals surface area contributed by atoms with Crippen LogP contribution in [0.25, 0.3) is 0 Å². The van der Waals surface area contributed by atoms with E-state index < -0.39 is 11.8 Å². The Morgan fingerprint density at radius 3 is 2.53 bits per heavy atom. The van der Waals surface area contributed by atoms with Gasteiger partial charge in [-0.2, -0.15) is 0 Å². The topological polar surface area (TPSA) is 77.6 Å². The van der Waals surface area contributed by atoms with Gasteiger partial charge in [0.1, 0.15) is 5.82 Å². The number of anilines is 1. The lowest BCUT2D eigenvalue weighted by atomic mass is 10.0. The highest BCUT2D eigenvalue weighted by atomic mass is 32.1. The van der Waals surface area contributed by atoms with Gasteiger partial charge in [0, 0.05) is 56.0 Å². The van der Waals surface area contributed by atoms with Crippen molar-refractivity contribution in [2.45, 2.75) is 25.6 Å². The first kappa shape index (κ1) is 23.8. The number of thiophene rings is 1. The number of aromatic nitrogens is 1. The largest absolute Gasteiger partial charge is 0.367 e. The fourth-order valence-electron chi connectivity index (χ4n) is 4.27. The molecule has 0 radical (unpaired) electrons. The first-order valence-corrected chi connectivity index (χ1v) is 12.2. The van der Waals surface area contributed by atoms with Gasteiger partial charge in [-0.3, -0.25) is 19.5 Å². The van der Waals surface area contributed by atoms with Crippen molar-refractivity contribution in [2.75, 3.05) is 31.1 Å². The number of amides is 2. The standard InChI is InChI=1S/C25H28FN5O2S/c1-18(29-25(33)24(32)28-17-19-6-4-10-27-16-19)23(22-9-5-15-34-22)31-13-11-30(12-14-31)21-8-3-2-7-20(21)26/h2-10,15-16,18,23H,11-14,17H2,1H3,(H,28,32)(H,29,33)/t18-,23+/m0/s1. The van der Waals surface area contributed by atoms with E-state index in [1.54, 1.807) is 41.9 Å². The van der Waals surface area contributed by atoms with E-state index in [1.807, 2.05) is 41.5 Å². The summed E-state index contributed by atoms with van der Waals surface area (Å²) in [7, 11) is 0. The molecule has 34 heavy (non-hydrogen) atoms. The molecule has 0 bridgehead atoms. The Balaban J connectivity index is 1.38. The summed E-state index contributed by atoms with van der Waals surface area (Å²) in [4.78, 5) is 34.4. The zero-order chi connectivity index (χ0) is 23.9. The molecule has 3 heterocycles. The molecule has 1 fully saturated rings. The Labute approximate surface area is 202 Å². The van der Waals surface area contributed by atoms with E-state index in [0.29, 0.717) is 31.9 Å². The van der Waals surface area contributed by atoms with E-state index in [4.69, 9.17) is 0 Å². The van der Waals surface area contributed by atoms with E-state index in [2.05, 4.69) is 20.5 Å². The van der Waals surface area contributed by atoms with Gasteiger partial charge < -0.3 is 15.5 Å². The molecule has 0 saturated carbocycles. The third kappa shape index (κ3) is 5.78. The summed E-state index contributed by atoms with van der Waals surface area (Å²) in [6.45, 7) is 4.93. The number of piperazine rings is 1. The molecule has 0 spiro atoms. The molecule has 9 heteroatoms. The van der Waals surface area contributed by atoms with Crippen LogP contribution in [0.2, 0.25) is 0 Å². The smallest absolute Gasteiger partial charge is 0.309 e. The van der Waals surface area contributed by atoms with Gasteiger partial charge in [-0.1, -0.05) is 24.3 Å². The highest BCUT2D eigenvalue weighted by molar-refractivity contribution is 7.10. The van der Waals surface area contributed by atoms with E-state index in [0.717, 1.165) is 10.4 Å². The van der Waals surface area contributed by atoms with Crippen molar-refractivity contribution in [3.05, 3.63) is 82.6 Å². The van der Waals surface area contributed by atoms with Gasteiger partial charge in [-0.15, -0.1) is 11.3 Å². The average Bonchev–Trinajstić information content (AvgIpc) is 3.38. The molecular weight excluding hydrogens is 453 g/mol. The maximum Gasteiger partial charge on any atom is 0.309 e. The van der Waals surface area contributed by atoms with Crippen LogP contribution in [0.15, 0.2) is 66.3 Å². The Bertz CT molecular complexity index is 1090. The molecule has 1 aliphatic heterocycles. The van der Waals surface area contributed by atoms with Gasteiger partial charge in [0.05, 0.1) is 11.7 Å². The normalized spacial score (nSPS) is 16.0. The van der Waals surface area contributed by atoms with Crippen molar-refractivity contribution in [1.29, 1.82) is 0 Å². The van der Waals surface area contributed by atoms with Gasteiger partial charge in [0.15, 0.2) is 0 Å². The Hall–Kier alpha value is -3.30. The average molecular weight is 482 g/mol. The molecule has 1 aliphatic rings. The third-order valence-electron chi connectivity index (χ3n) is 5.95. The number of halogens is 1. The fraction of sp³-hybridized carbons (Fsp3) is 0.320. The highest BCUT2D eigenvalue weighted by Crippen LogP contribution is 2.30. The number of hydrogen-bond acceptors (Lipinski definition) is 6. The number of hydrogen-bond donors (Lipinski definition) is 2. The number of carbonyl (C=O) groups excluding carboxylic acids is 2. The van der Waals surface area contributed by atoms with Crippen LogP contribution in [-0.2, 0) is 16.1 Å². The molecule has 3 aromatic rings. The molecule has 0 aliphatic carbocycles. The van der Waals surface area contributed by atoms with Crippen LogP contribution in [-0.4, -0.2) is 53.9 Å². The molecule has 7 nitrogen and oxygen atoms in total. The van der Waals surface area contributed by atoms with Crippen molar-refractivity contribution in [3.8, 4) is 0 Å². The van der Waals surface area contributed by atoms with Crippen molar-refractivity contribution < 1.29 is 14.0 Å². The summed E-state index contributed by atoms with van der Waals surface area (Å²) >= 11 is 1.62. The summed E-state index contributed by atoms with van der Waals surface area (Å²) in [5.41, 5.74) is 1.43. The minimum atomic E-state index is -0.676. The van der Waals surface area contributed by atoms with Crippen LogP contribution in [0.3, 0.4) is 0 Å². The predicted octanol–water partition coefficient (Wildman–Crippen LogP) is 2.97. The number of benzene rings is 1. The minimum Gasteiger partial charge on any atom is -0.367 e. The SMILES string of the molecule is C[C@H](NC(=O)C(=O)NCc1cccnc1)[C@H](c1cccs1)N1CCN(c2ccccc2F)CC1. The second kappa shape index (κ2) is 11.2. The predicted molar refractivity (Wildman–Crippen MR) is 131 cm³/mol. The molecule has 2 aromatic heterocycles. The lowest BCUT2D eigenvalue weighted by Crippen LogP contribution is -2.53. The van der Waals surface area contributed by atoms with Crippen molar-refractivity contribution >= 4 is 28.8 Å². The van der Waals surface area contributed by atoms with Gasteiger partial charge >= 0.3 is 11.8 Å². The zero-order valence-corrected chi connectivity index (χ0v) is 19.8. The molecule has 1 saturated heterocycles. The van der Waals surface area contributed by atoms with Crippen LogP contribution in [0.4, 0.5) is 10.1 Å². The minimum absolute atomic E-state index is 0.0853. The monoisotopic (exact) mass is 481 g/mol. The Morgan fingerprint density at radius 2 is 1.85 bits per heavy atom. The number of para-hydroxylation sites is 1. The van der Waals surface area contributed by atoms with Gasteiger partial charge in [-0.25, -0.2) is 4.39 Å². The lowest BCUT2D eigenvalue weighted by molar-refractivity contribution is -0.140. The maximum atomic E-state index is 14.2. The molecule has 1 aromatic carbocycles. The molecule has 2 atom stereocenters. The highest BCUT2D eigenvalue weighted by Gasteiger charge is 2.32. The quantitative estimate of drug-likeness (QED) is 0.508. The molecule has 2 amide bonds. The van der Waals surface area contributed by atoms with Crippen molar-refractivity contribution in [2.24, 2.45) is 0 Å². The van der Waals surface area contributed by atoms with E-state index in [1.165, 1.54) is 6.07 Å². The summed E-state index contributed by atoms with van der Waals surface area (Å²) in [6.07, 6.45) is 3.30. The molecule has 0 unspecified atom stereocenters. The lowest BCUT2D eigenvalue weighted by Gasteiger charge is -2.42. The summed E-state index contributed by atoms with van der Waals surface area (Å²) < 4.78 is 14.2. The van der Waals surface area contributed by atoms with Crippen LogP contribution >= 0.6 is 11.3 Å². The number of rotatable bonds is 7. The van der Waals surface area contributed by atoms with E-state index in [9.17, 15) is 14.0 Å². The number of carbonyl (C=O) groups is 2. The first-order valence-electron chi connectivity index (χ1n) is 11.3. The zero-order valence-electron chi connectivity index (χ0n) is 19.0. The number of pyridine rings is 1. The van der Waals surface area contributed by atoms with E-state index >= 15 is 0 Å². The second-order valence-corrected chi connectivity index (χ2v) is 9.22. The maximum absolute atomic E-state index is 14.2. The van der Waals surface area contributed by atoms with Gasteiger partial charge in [0.25, 0.3) is 0 Å². The fourth-order valence-corrected chi connectivity index (χ4v) is 5.23. The van der Waals surface area contributed by atoms with Crippen LogP contribution in [0.1, 0.15) is 23.4 Å². The molecule has 178 valence electrons. The summed E-state index contributed by atoms with van der Waals surface area (Å²) in [5.74, 6) is -1.56. The van der Waals surface area contributed by atoms with Crippen molar-refractivity contribution in [3.63, 3.8) is 0 Å². The summed E-state index contributed by atoms with van der Waals surface area (Å²) in [5, 5.41) is 7.53. The van der Waals surface area contributed by atoms with Crippen molar-refractivity contribution in [1.82, 2.24) is 20.5 Å². The summed E-state index contributed by atoms with van der Waals surface area (Å²) in [6, 6.07) is 14.1. The molecular formula is C25H28FN5O2S. The Morgan fingerprint density at radius 1 is 1.06 bits per heavy atom. The van der Waals surface area contributed by atoms with Crippen LogP contribution < -0.4 is 15.5 Å². The number of nitrogens with zero attached hydrogens (tertiary/aromatic N) is 3. The van der Waals surface area contributed by atoms with E-state index in [-0.39, 0.29) is 24.4 Å².